The summed E-state index contributed by atoms with van der Waals surface area (Å²) in [4.78, 5) is 25.3. The molecular formula is C16H9FN4OS. The van der Waals surface area contributed by atoms with Crippen LogP contribution in [0.4, 0.5) is 15.2 Å². The Morgan fingerprint density at radius 3 is 2.39 bits per heavy atom. The number of fused-ring (bicyclic) bond motifs is 2. The van der Waals surface area contributed by atoms with Crippen LogP contribution in [0.2, 0.25) is 0 Å². The van der Waals surface area contributed by atoms with Gasteiger partial charge in [0.1, 0.15) is 5.82 Å². The van der Waals surface area contributed by atoms with Crippen molar-refractivity contribution in [1.82, 2.24) is 15.0 Å². The summed E-state index contributed by atoms with van der Waals surface area (Å²) in [7, 11) is 0. The van der Waals surface area contributed by atoms with E-state index in [1.165, 1.54) is 6.07 Å². The SMILES string of the molecule is O=c1nc(Nc2ccccc2F)sc2nc3ccccc3nc12. The maximum Gasteiger partial charge on any atom is 0.301 e. The Morgan fingerprint density at radius 2 is 1.61 bits per heavy atom. The first kappa shape index (κ1) is 13.7. The Balaban J connectivity index is 1.87. The van der Waals surface area contributed by atoms with Gasteiger partial charge in [0.2, 0.25) is 0 Å². The van der Waals surface area contributed by atoms with Crippen molar-refractivity contribution in [2.24, 2.45) is 0 Å². The number of aromatic nitrogens is 3. The Labute approximate surface area is 133 Å². The van der Waals surface area contributed by atoms with E-state index in [2.05, 4.69) is 20.3 Å². The standard InChI is InChI=1S/C16H9FN4OS/c17-9-5-1-2-6-10(9)20-16-21-14(22)13-15(23-16)19-12-8-4-3-7-11(12)18-13/h1-8H,(H,20,21,22). The van der Waals surface area contributed by atoms with Gasteiger partial charge in [0.25, 0.3) is 0 Å². The van der Waals surface area contributed by atoms with Gasteiger partial charge >= 0.3 is 5.56 Å². The van der Waals surface area contributed by atoms with Crippen molar-refractivity contribution in [2.45, 2.75) is 0 Å². The quantitative estimate of drug-likeness (QED) is 0.572. The van der Waals surface area contributed by atoms with E-state index in [4.69, 9.17) is 0 Å². The molecule has 2 heterocycles. The predicted octanol–water partition coefficient (Wildman–Crippen LogP) is 3.48. The van der Waals surface area contributed by atoms with E-state index >= 15 is 0 Å². The lowest BCUT2D eigenvalue weighted by atomic mass is 10.3. The van der Waals surface area contributed by atoms with Gasteiger partial charge in [-0.1, -0.05) is 35.6 Å². The van der Waals surface area contributed by atoms with Crippen molar-refractivity contribution < 1.29 is 4.39 Å². The van der Waals surface area contributed by atoms with Crippen LogP contribution in [-0.4, -0.2) is 15.0 Å². The fourth-order valence-electron chi connectivity index (χ4n) is 2.19. The Kier molecular flexibility index (Phi) is 3.20. The van der Waals surface area contributed by atoms with Crippen molar-refractivity contribution in [3.63, 3.8) is 0 Å². The molecule has 1 N–H and O–H groups in total. The van der Waals surface area contributed by atoms with E-state index in [0.29, 0.717) is 15.9 Å². The maximum absolute atomic E-state index is 13.7. The van der Waals surface area contributed by atoms with Crippen LogP contribution in [0, 0.1) is 5.82 Å². The Morgan fingerprint density at radius 1 is 0.913 bits per heavy atom. The number of rotatable bonds is 2. The minimum absolute atomic E-state index is 0.216. The second-order valence-corrected chi connectivity index (χ2v) is 5.77. The average Bonchev–Trinajstić information content (AvgIpc) is 2.56. The van der Waals surface area contributed by atoms with Crippen LogP contribution in [-0.2, 0) is 0 Å². The number of nitrogens with one attached hydrogen (secondary N) is 1. The second-order valence-electron chi connectivity index (χ2n) is 4.80. The molecule has 2 aromatic heterocycles. The number of nitrogens with zero attached hydrogens (tertiary/aromatic N) is 3. The van der Waals surface area contributed by atoms with Crippen molar-refractivity contribution in [2.75, 3.05) is 5.32 Å². The molecule has 0 fully saturated rings. The zero-order chi connectivity index (χ0) is 15.8. The van der Waals surface area contributed by atoms with Crippen LogP contribution in [0.25, 0.3) is 21.4 Å². The molecule has 0 saturated heterocycles. The van der Waals surface area contributed by atoms with Crippen LogP contribution in [0.15, 0.2) is 53.3 Å². The van der Waals surface area contributed by atoms with Crippen LogP contribution in [0.3, 0.4) is 0 Å². The van der Waals surface area contributed by atoms with Gasteiger partial charge in [0.05, 0.1) is 16.7 Å². The summed E-state index contributed by atoms with van der Waals surface area (Å²) in [6, 6.07) is 13.5. The number of halogens is 1. The lowest BCUT2D eigenvalue weighted by Crippen LogP contribution is -2.10. The van der Waals surface area contributed by atoms with Crippen molar-refractivity contribution in [3.05, 3.63) is 64.7 Å². The largest absolute Gasteiger partial charge is 0.329 e. The highest BCUT2D eigenvalue weighted by molar-refractivity contribution is 7.21. The molecule has 0 unspecified atom stereocenters. The van der Waals surface area contributed by atoms with Crippen molar-refractivity contribution in [1.29, 1.82) is 0 Å². The molecule has 23 heavy (non-hydrogen) atoms. The van der Waals surface area contributed by atoms with E-state index in [0.717, 1.165) is 11.3 Å². The van der Waals surface area contributed by atoms with Crippen LogP contribution in [0.1, 0.15) is 0 Å². The third-order valence-corrected chi connectivity index (χ3v) is 4.12. The molecule has 112 valence electrons. The molecule has 0 amide bonds. The first-order valence-electron chi connectivity index (χ1n) is 6.80. The Hall–Kier alpha value is -2.93. The van der Waals surface area contributed by atoms with E-state index in [1.54, 1.807) is 24.3 Å². The van der Waals surface area contributed by atoms with Gasteiger partial charge in [-0.25, -0.2) is 14.4 Å². The van der Waals surface area contributed by atoms with Gasteiger partial charge in [0, 0.05) is 0 Å². The molecule has 0 aliphatic rings. The molecule has 7 heteroatoms. The summed E-state index contributed by atoms with van der Waals surface area (Å²) in [5.41, 5.74) is 1.31. The smallest absolute Gasteiger partial charge is 0.301 e. The third kappa shape index (κ3) is 2.51. The zero-order valence-corrected chi connectivity index (χ0v) is 12.5. The number of para-hydroxylation sites is 3. The van der Waals surface area contributed by atoms with E-state index < -0.39 is 11.4 Å². The number of hydrogen-bond donors (Lipinski definition) is 1. The molecule has 0 aliphatic carbocycles. The van der Waals surface area contributed by atoms with Crippen molar-refractivity contribution in [3.8, 4) is 0 Å². The molecule has 0 atom stereocenters. The van der Waals surface area contributed by atoms with Gasteiger partial charge in [0.15, 0.2) is 15.5 Å². The van der Waals surface area contributed by atoms with E-state index in [-0.39, 0.29) is 16.3 Å². The van der Waals surface area contributed by atoms with Gasteiger partial charge in [-0.3, -0.25) is 4.79 Å². The summed E-state index contributed by atoms with van der Waals surface area (Å²) in [6.07, 6.45) is 0. The average molecular weight is 324 g/mol. The van der Waals surface area contributed by atoms with Crippen LogP contribution < -0.4 is 10.9 Å². The summed E-state index contributed by atoms with van der Waals surface area (Å²) in [5.74, 6) is -0.418. The fraction of sp³-hybridized carbons (Fsp3) is 0. The first-order chi connectivity index (χ1) is 11.2. The molecule has 0 spiro atoms. The first-order valence-corrected chi connectivity index (χ1v) is 7.61. The van der Waals surface area contributed by atoms with Gasteiger partial charge in [-0.15, -0.1) is 0 Å². The maximum atomic E-state index is 13.7. The number of hydrogen-bond acceptors (Lipinski definition) is 6. The highest BCUT2D eigenvalue weighted by Crippen LogP contribution is 2.24. The zero-order valence-electron chi connectivity index (χ0n) is 11.7. The normalized spacial score (nSPS) is 11.0. The highest BCUT2D eigenvalue weighted by atomic mass is 32.1. The second kappa shape index (κ2) is 5.36. The number of anilines is 2. The molecule has 4 rings (SSSR count). The minimum Gasteiger partial charge on any atom is -0.329 e. The van der Waals surface area contributed by atoms with Gasteiger partial charge in [-0.2, -0.15) is 4.98 Å². The van der Waals surface area contributed by atoms with E-state index in [1.807, 2.05) is 18.2 Å². The summed E-state index contributed by atoms with van der Waals surface area (Å²) in [5, 5.41) is 3.09. The van der Waals surface area contributed by atoms with Gasteiger partial charge < -0.3 is 5.32 Å². The highest BCUT2D eigenvalue weighted by Gasteiger charge is 2.10. The number of benzene rings is 2. The van der Waals surface area contributed by atoms with Crippen molar-refractivity contribution >= 4 is 43.5 Å². The molecule has 4 aromatic rings. The summed E-state index contributed by atoms with van der Waals surface area (Å²) in [6.45, 7) is 0. The fourth-order valence-corrected chi connectivity index (χ4v) is 3.03. The Bertz CT molecular complexity index is 1100. The summed E-state index contributed by atoms with van der Waals surface area (Å²) >= 11 is 1.16. The molecule has 5 nitrogen and oxygen atoms in total. The van der Waals surface area contributed by atoms with E-state index in [9.17, 15) is 9.18 Å². The molecular weight excluding hydrogens is 315 g/mol. The third-order valence-electron chi connectivity index (χ3n) is 3.25. The predicted molar refractivity (Wildman–Crippen MR) is 88.7 cm³/mol. The summed E-state index contributed by atoms with van der Waals surface area (Å²) < 4.78 is 13.7. The monoisotopic (exact) mass is 324 g/mol. The van der Waals surface area contributed by atoms with Crippen LogP contribution >= 0.6 is 11.3 Å². The topological polar surface area (TPSA) is 67.8 Å². The lowest BCUT2D eigenvalue weighted by molar-refractivity contribution is 0.632. The van der Waals surface area contributed by atoms with Crippen LogP contribution in [0.5, 0.6) is 0 Å². The molecule has 2 aromatic carbocycles. The van der Waals surface area contributed by atoms with Gasteiger partial charge in [-0.05, 0) is 24.3 Å². The molecule has 0 aliphatic heterocycles. The molecule has 0 radical (unpaired) electrons. The lowest BCUT2D eigenvalue weighted by Gasteiger charge is -2.06. The molecule has 0 bridgehead atoms. The molecule has 0 saturated carbocycles. The minimum atomic E-state index is -0.490.